The Bertz CT molecular complexity index is 772. The van der Waals surface area contributed by atoms with Gasteiger partial charge in [-0.1, -0.05) is 18.2 Å². The molecule has 1 aromatic carbocycles. The summed E-state index contributed by atoms with van der Waals surface area (Å²) in [6, 6.07) is 9.31. The summed E-state index contributed by atoms with van der Waals surface area (Å²) >= 11 is -1.40. The van der Waals surface area contributed by atoms with Crippen LogP contribution in [0.15, 0.2) is 42.0 Å². The van der Waals surface area contributed by atoms with Crippen LogP contribution in [0.3, 0.4) is 0 Å². The second-order valence-electron chi connectivity index (χ2n) is 9.25. The first-order valence-electron chi connectivity index (χ1n) is 10.2. The first kappa shape index (κ1) is 24.4. The van der Waals surface area contributed by atoms with Gasteiger partial charge in [-0.05, 0) is 0 Å². The van der Waals surface area contributed by atoms with Crippen molar-refractivity contribution in [2.24, 2.45) is 11.3 Å². The van der Waals surface area contributed by atoms with E-state index in [1.807, 2.05) is 50.3 Å². The zero-order valence-electron chi connectivity index (χ0n) is 17.6. The summed E-state index contributed by atoms with van der Waals surface area (Å²) < 4.78 is 25.4. The first-order chi connectivity index (χ1) is 13.0. The summed E-state index contributed by atoms with van der Waals surface area (Å²) in [5, 5.41) is 11.0. The Kier molecular flexibility index (Phi) is 8.65. The van der Waals surface area contributed by atoms with Crippen LogP contribution in [0.25, 0.3) is 0 Å². The van der Waals surface area contributed by atoms with Gasteiger partial charge in [-0.25, -0.2) is 0 Å². The molecule has 0 amide bonds. The van der Waals surface area contributed by atoms with Crippen molar-refractivity contribution >= 4 is 18.1 Å². The maximum absolute atomic E-state index is 12.4. The molecule has 28 heavy (non-hydrogen) atoms. The zero-order chi connectivity index (χ0) is 21.0. The van der Waals surface area contributed by atoms with E-state index in [9.17, 15) is 13.5 Å². The molecule has 0 spiro atoms. The van der Waals surface area contributed by atoms with Crippen LogP contribution in [-0.2, 0) is 38.9 Å². The van der Waals surface area contributed by atoms with Gasteiger partial charge in [-0.3, -0.25) is 0 Å². The molecule has 0 aromatic heterocycles. The van der Waals surface area contributed by atoms with Gasteiger partial charge in [0.05, 0.1) is 0 Å². The molecule has 1 aromatic rings. The van der Waals surface area contributed by atoms with Crippen molar-refractivity contribution in [3.8, 4) is 0 Å². The van der Waals surface area contributed by atoms with E-state index in [1.165, 1.54) is 0 Å². The summed E-state index contributed by atoms with van der Waals surface area (Å²) in [5.74, 6) is 0.341. The Balaban J connectivity index is 1.98. The van der Waals surface area contributed by atoms with Gasteiger partial charge in [0.1, 0.15) is 0 Å². The third kappa shape index (κ3) is 6.55. The van der Waals surface area contributed by atoms with Crippen LogP contribution in [0.4, 0.5) is 0 Å². The van der Waals surface area contributed by atoms with E-state index in [0.29, 0.717) is 3.43 Å². The van der Waals surface area contributed by atoms with Crippen molar-refractivity contribution in [3.05, 3.63) is 47.5 Å². The molecule has 2 rings (SSSR count). The van der Waals surface area contributed by atoms with E-state index in [2.05, 4.69) is 13.8 Å². The monoisotopic (exact) mass is 614 g/mol. The zero-order valence-corrected chi connectivity index (χ0v) is 24.7. The Labute approximate surface area is 186 Å². The van der Waals surface area contributed by atoms with Gasteiger partial charge < -0.3 is 0 Å². The van der Waals surface area contributed by atoms with Crippen LogP contribution >= 0.6 is 8.25 Å². The predicted molar refractivity (Wildman–Crippen MR) is 114 cm³/mol. The standard InChI is InChI=1S/C22H33O3S.ClH.Hg/c1-18(11-12-20-21(2,3)14-8-15-22(20,4)23)13-16-26(24,25)17-19-9-6-5-7-10-19;;/h5-7,9-10,13-14,20,23H,8,11-12,15-17H2,1-4H3;1H;/q;;+1/p-1/b18-13+;;/t20-,22-;;/m0../s1. The van der Waals surface area contributed by atoms with Crippen LogP contribution in [0.5, 0.6) is 0 Å². The molecule has 1 aliphatic carbocycles. The van der Waals surface area contributed by atoms with E-state index < -0.39 is 38.8 Å². The molecule has 1 aliphatic rings. The molecule has 0 radical (unpaired) electrons. The number of hydrogen-bond acceptors (Lipinski definition) is 3. The van der Waals surface area contributed by atoms with Gasteiger partial charge in [-0.2, -0.15) is 0 Å². The Morgan fingerprint density at radius 3 is 2.54 bits per heavy atom. The molecule has 0 saturated heterocycles. The summed E-state index contributed by atoms with van der Waals surface area (Å²) in [7, 11) is 3.25. The number of aliphatic hydroxyl groups is 1. The number of sulfone groups is 1. The molecule has 6 heteroatoms. The van der Waals surface area contributed by atoms with Crippen molar-refractivity contribution in [2.45, 2.75) is 68.2 Å². The predicted octanol–water partition coefficient (Wildman–Crippen LogP) is 5.54. The van der Waals surface area contributed by atoms with E-state index in [4.69, 9.17) is 8.25 Å². The van der Waals surface area contributed by atoms with Crippen LogP contribution in [0.1, 0.15) is 58.9 Å². The molecule has 3 atom stereocenters. The average Bonchev–Trinajstić information content (AvgIpc) is 2.59. The van der Waals surface area contributed by atoms with Gasteiger partial charge in [0.15, 0.2) is 0 Å². The normalized spacial score (nSPS) is 28.0. The molecule has 0 heterocycles. The summed E-state index contributed by atoms with van der Waals surface area (Å²) in [5.41, 5.74) is 1.30. The van der Waals surface area contributed by atoms with Gasteiger partial charge in [0.25, 0.3) is 0 Å². The molecule has 1 N–H and O–H groups in total. The fraction of sp³-hybridized carbons (Fsp3) is 0.636. The van der Waals surface area contributed by atoms with Crippen molar-refractivity contribution in [2.75, 3.05) is 5.75 Å². The second-order valence-corrected chi connectivity index (χ2v) is 19.1. The summed E-state index contributed by atoms with van der Waals surface area (Å²) in [6.45, 7) is 8.50. The molecular weight excluding hydrogens is 580 g/mol. The molecular formula is C22H33ClHgO3S. The SMILES string of the molecule is C/C(=C\CS(=O)(=O)Cc1ccccc1)CC[C@H]1C(C)(C)[C@@H]([Hg][Cl])CC[C@]1(C)O. The number of halogens is 1. The number of allylic oxidation sites excluding steroid dienone is 1. The van der Waals surface area contributed by atoms with E-state index >= 15 is 0 Å². The van der Waals surface area contributed by atoms with Gasteiger partial charge in [-0.15, -0.1) is 0 Å². The first-order valence-corrected chi connectivity index (χ1v) is 21.9. The Hall–Kier alpha value is 0.0951. The average molecular weight is 614 g/mol. The minimum absolute atomic E-state index is 0.0602. The maximum atomic E-state index is 12.4. The molecule has 154 valence electrons. The number of rotatable bonds is 8. The molecule has 0 bridgehead atoms. The van der Waals surface area contributed by atoms with Gasteiger partial charge in [0, 0.05) is 0 Å². The fourth-order valence-corrected chi connectivity index (χ4v) is 14.9. The quantitative estimate of drug-likeness (QED) is 0.310. The molecule has 0 aliphatic heterocycles. The van der Waals surface area contributed by atoms with Crippen molar-refractivity contribution in [1.82, 2.24) is 0 Å². The van der Waals surface area contributed by atoms with Crippen molar-refractivity contribution < 1.29 is 36.9 Å². The van der Waals surface area contributed by atoms with Crippen LogP contribution in [0.2, 0.25) is 3.43 Å². The second kappa shape index (κ2) is 9.93. The van der Waals surface area contributed by atoms with Crippen LogP contribution in [-0.4, -0.2) is 24.9 Å². The van der Waals surface area contributed by atoms with E-state index in [-0.39, 0.29) is 22.8 Å². The Morgan fingerprint density at radius 2 is 1.93 bits per heavy atom. The topological polar surface area (TPSA) is 54.4 Å². The number of benzene rings is 1. The van der Waals surface area contributed by atoms with Crippen LogP contribution < -0.4 is 0 Å². The summed E-state index contributed by atoms with van der Waals surface area (Å²) in [6.07, 6.45) is 5.42. The third-order valence-corrected chi connectivity index (χ3v) is 18.5. The van der Waals surface area contributed by atoms with Gasteiger partial charge >= 0.3 is 170 Å². The molecule has 1 saturated carbocycles. The van der Waals surface area contributed by atoms with Crippen molar-refractivity contribution in [1.29, 1.82) is 0 Å². The third-order valence-electron chi connectivity index (χ3n) is 6.63. The van der Waals surface area contributed by atoms with E-state index in [0.717, 1.165) is 36.8 Å². The fourth-order valence-electron chi connectivity index (χ4n) is 4.69. The minimum atomic E-state index is -3.17. The molecule has 3 nitrogen and oxygen atoms in total. The summed E-state index contributed by atoms with van der Waals surface area (Å²) in [4.78, 5) is 0. The van der Waals surface area contributed by atoms with Crippen molar-refractivity contribution in [3.63, 3.8) is 0 Å². The Morgan fingerprint density at radius 1 is 1.29 bits per heavy atom. The van der Waals surface area contributed by atoms with Gasteiger partial charge in [0.2, 0.25) is 0 Å². The van der Waals surface area contributed by atoms with E-state index in [1.54, 1.807) is 0 Å². The van der Waals surface area contributed by atoms with Crippen LogP contribution in [0, 0.1) is 11.3 Å². The molecule has 0 unspecified atom stereocenters. The number of hydrogen-bond donors (Lipinski definition) is 1. The molecule has 1 fully saturated rings.